The molecule has 30 heavy (non-hydrogen) atoms. The van der Waals surface area contributed by atoms with Crippen molar-refractivity contribution in [2.24, 2.45) is 0 Å². The number of hydrogen-bond acceptors (Lipinski definition) is 8. The zero-order chi connectivity index (χ0) is 21.6. The van der Waals surface area contributed by atoms with Gasteiger partial charge in [-0.15, -0.1) is 0 Å². The lowest BCUT2D eigenvalue weighted by atomic mass is 10.1. The van der Waals surface area contributed by atoms with Gasteiger partial charge in [-0.3, -0.25) is 0 Å². The predicted molar refractivity (Wildman–Crippen MR) is 105 cm³/mol. The summed E-state index contributed by atoms with van der Waals surface area (Å²) in [6.45, 7) is 1.72. The number of esters is 1. The number of rotatable bonds is 8. The minimum atomic E-state index is -3.74. The van der Waals surface area contributed by atoms with Crippen molar-refractivity contribution in [3.05, 3.63) is 65.5 Å². The SMILES string of the molecule is Cc1ccccc1-c1noc(COC(=O)c2ccc(S(=O)(=O)NCCC#N)cc2)n1. The molecule has 1 heterocycles. The van der Waals surface area contributed by atoms with Crippen molar-refractivity contribution >= 4 is 16.0 Å². The number of nitrogens with zero attached hydrogens (tertiary/aromatic N) is 3. The highest BCUT2D eigenvalue weighted by Gasteiger charge is 2.16. The van der Waals surface area contributed by atoms with Gasteiger partial charge in [0, 0.05) is 18.5 Å². The maximum Gasteiger partial charge on any atom is 0.338 e. The third kappa shape index (κ3) is 5.08. The van der Waals surface area contributed by atoms with Crippen molar-refractivity contribution in [2.75, 3.05) is 6.54 Å². The molecule has 0 bridgehead atoms. The molecule has 3 aromatic rings. The second kappa shape index (κ2) is 9.30. The van der Waals surface area contributed by atoms with Gasteiger partial charge in [-0.2, -0.15) is 10.2 Å². The van der Waals surface area contributed by atoms with Crippen LogP contribution in [0.3, 0.4) is 0 Å². The van der Waals surface area contributed by atoms with E-state index in [1.807, 2.05) is 37.3 Å². The summed E-state index contributed by atoms with van der Waals surface area (Å²) in [5.41, 5.74) is 1.97. The zero-order valence-electron chi connectivity index (χ0n) is 16.0. The fourth-order valence-electron chi connectivity index (χ4n) is 2.55. The molecule has 0 fully saturated rings. The lowest BCUT2D eigenvalue weighted by Crippen LogP contribution is -2.24. The van der Waals surface area contributed by atoms with Crippen LogP contribution in [0.5, 0.6) is 0 Å². The molecule has 0 amide bonds. The Hall–Kier alpha value is -3.55. The third-order valence-corrected chi connectivity index (χ3v) is 5.59. The first-order chi connectivity index (χ1) is 14.4. The first-order valence-corrected chi connectivity index (χ1v) is 10.4. The van der Waals surface area contributed by atoms with Gasteiger partial charge in [-0.1, -0.05) is 29.4 Å². The van der Waals surface area contributed by atoms with Gasteiger partial charge in [-0.25, -0.2) is 17.9 Å². The van der Waals surface area contributed by atoms with Crippen LogP contribution in [0.15, 0.2) is 57.9 Å². The van der Waals surface area contributed by atoms with E-state index in [-0.39, 0.29) is 35.9 Å². The topological polar surface area (TPSA) is 135 Å². The molecule has 3 rings (SSSR count). The molecule has 9 nitrogen and oxygen atoms in total. The Kier molecular flexibility index (Phi) is 6.56. The van der Waals surface area contributed by atoms with E-state index in [0.29, 0.717) is 5.82 Å². The van der Waals surface area contributed by atoms with Crippen molar-refractivity contribution in [3.63, 3.8) is 0 Å². The second-order valence-electron chi connectivity index (χ2n) is 6.23. The maximum atomic E-state index is 12.2. The molecule has 154 valence electrons. The van der Waals surface area contributed by atoms with Crippen molar-refractivity contribution in [3.8, 4) is 17.5 Å². The van der Waals surface area contributed by atoms with E-state index in [4.69, 9.17) is 14.5 Å². The van der Waals surface area contributed by atoms with Gasteiger partial charge in [0.2, 0.25) is 15.8 Å². The van der Waals surface area contributed by atoms with Crippen molar-refractivity contribution in [1.29, 1.82) is 5.26 Å². The molecule has 0 unspecified atom stereocenters. The summed E-state index contributed by atoms with van der Waals surface area (Å²) in [5, 5.41) is 12.4. The molecule has 2 aromatic carbocycles. The number of nitrogens with one attached hydrogen (secondary N) is 1. The molecule has 0 saturated heterocycles. The molecule has 0 aliphatic rings. The normalized spacial score (nSPS) is 11.1. The quantitative estimate of drug-likeness (QED) is 0.429. The number of aryl methyl sites for hydroxylation is 1. The average Bonchev–Trinajstić information content (AvgIpc) is 3.21. The Morgan fingerprint density at radius 2 is 1.93 bits per heavy atom. The van der Waals surface area contributed by atoms with Crippen molar-refractivity contribution in [2.45, 2.75) is 24.8 Å². The lowest BCUT2D eigenvalue weighted by Gasteiger charge is -2.06. The van der Waals surface area contributed by atoms with Crippen LogP contribution in [-0.2, 0) is 21.4 Å². The van der Waals surface area contributed by atoms with Crippen LogP contribution in [0.4, 0.5) is 0 Å². The fraction of sp³-hybridized carbons (Fsp3) is 0.200. The zero-order valence-corrected chi connectivity index (χ0v) is 16.8. The van der Waals surface area contributed by atoms with Crippen LogP contribution >= 0.6 is 0 Å². The van der Waals surface area contributed by atoms with Crippen LogP contribution in [0.25, 0.3) is 11.4 Å². The summed E-state index contributed by atoms with van der Waals surface area (Å²) < 4.78 is 36.7. The summed E-state index contributed by atoms with van der Waals surface area (Å²) in [7, 11) is -3.74. The summed E-state index contributed by atoms with van der Waals surface area (Å²) in [6.07, 6.45) is 0.0604. The number of benzene rings is 2. The smallest absolute Gasteiger partial charge is 0.338 e. The fourth-order valence-corrected chi connectivity index (χ4v) is 3.58. The van der Waals surface area contributed by atoms with Crippen molar-refractivity contribution < 1.29 is 22.5 Å². The molecule has 0 spiro atoms. The number of aromatic nitrogens is 2. The molecule has 0 aliphatic heterocycles. The largest absolute Gasteiger partial charge is 0.452 e. The number of carbonyl (C=O) groups excluding carboxylic acids is 1. The van der Waals surface area contributed by atoms with Crippen LogP contribution in [0, 0.1) is 18.3 Å². The molecule has 1 N–H and O–H groups in total. The first kappa shape index (κ1) is 21.2. The highest BCUT2D eigenvalue weighted by molar-refractivity contribution is 7.89. The number of carbonyl (C=O) groups is 1. The summed E-state index contributed by atoms with van der Waals surface area (Å²) in [5.74, 6) is -0.118. The molecule has 0 saturated carbocycles. The minimum absolute atomic E-state index is 0.0112. The van der Waals surface area contributed by atoms with E-state index in [0.717, 1.165) is 11.1 Å². The lowest BCUT2D eigenvalue weighted by molar-refractivity contribution is 0.0429. The first-order valence-electron chi connectivity index (χ1n) is 8.93. The van der Waals surface area contributed by atoms with Crippen LogP contribution in [0.1, 0.15) is 28.2 Å². The minimum Gasteiger partial charge on any atom is -0.452 e. The van der Waals surface area contributed by atoms with Gasteiger partial charge in [0.25, 0.3) is 5.89 Å². The van der Waals surface area contributed by atoms with Crippen LogP contribution in [-0.4, -0.2) is 31.1 Å². The van der Waals surface area contributed by atoms with Gasteiger partial charge in [-0.05, 0) is 36.8 Å². The molecular weight excluding hydrogens is 408 g/mol. The number of ether oxygens (including phenoxy) is 1. The number of sulfonamides is 1. The van der Waals surface area contributed by atoms with E-state index >= 15 is 0 Å². The molecule has 0 aliphatic carbocycles. The highest BCUT2D eigenvalue weighted by Crippen LogP contribution is 2.20. The van der Waals surface area contributed by atoms with E-state index in [2.05, 4.69) is 14.9 Å². The van der Waals surface area contributed by atoms with E-state index in [9.17, 15) is 13.2 Å². The van der Waals surface area contributed by atoms with Gasteiger partial charge in [0.05, 0.1) is 16.5 Å². The molecule has 1 aromatic heterocycles. The Bertz CT molecular complexity index is 1180. The monoisotopic (exact) mass is 426 g/mol. The van der Waals surface area contributed by atoms with E-state index in [1.165, 1.54) is 24.3 Å². The Morgan fingerprint density at radius 3 is 2.63 bits per heavy atom. The molecule has 10 heteroatoms. The van der Waals surface area contributed by atoms with E-state index in [1.54, 1.807) is 0 Å². The van der Waals surface area contributed by atoms with E-state index < -0.39 is 16.0 Å². The van der Waals surface area contributed by atoms with Gasteiger partial charge < -0.3 is 9.26 Å². The summed E-state index contributed by atoms with van der Waals surface area (Å²) >= 11 is 0. The highest BCUT2D eigenvalue weighted by atomic mass is 32.2. The van der Waals surface area contributed by atoms with Gasteiger partial charge in [0.1, 0.15) is 0 Å². The Balaban J connectivity index is 1.61. The molecular formula is C20H18N4O5S. The van der Waals surface area contributed by atoms with Gasteiger partial charge in [0.15, 0.2) is 6.61 Å². The molecule has 0 radical (unpaired) electrons. The Labute approximate surface area is 173 Å². The average molecular weight is 426 g/mol. The number of nitriles is 1. The predicted octanol–water partition coefficient (Wildman–Crippen LogP) is 2.59. The molecule has 0 atom stereocenters. The van der Waals surface area contributed by atoms with Crippen LogP contribution < -0.4 is 4.72 Å². The third-order valence-electron chi connectivity index (χ3n) is 4.11. The second-order valence-corrected chi connectivity index (χ2v) is 8.00. The van der Waals surface area contributed by atoms with Gasteiger partial charge >= 0.3 is 5.97 Å². The maximum absolute atomic E-state index is 12.2. The van der Waals surface area contributed by atoms with Crippen LogP contribution in [0.2, 0.25) is 0 Å². The van der Waals surface area contributed by atoms with Crippen molar-refractivity contribution in [1.82, 2.24) is 14.9 Å². The summed E-state index contributed by atoms with van der Waals surface area (Å²) in [6, 6.07) is 14.7. The standard InChI is InChI=1S/C20H18N4O5S/c1-14-5-2-3-6-17(14)19-23-18(29-24-19)13-28-20(25)15-7-9-16(10-8-15)30(26,27)22-12-4-11-21/h2-3,5-10,22H,4,12-13H2,1H3. The number of hydrogen-bond donors (Lipinski definition) is 1. The Morgan fingerprint density at radius 1 is 1.20 bits per heavy atom. The summed E-state index contributed by atoms with van der Waals surface area (Å²) in [4.78, 5) is 16.4.